The van der Waals surface area contributed by atoms with Crippen LogP contribution in [0.1, 0.15) is 42.0 Å². The van der Waals surface area contributed by atoms with E-state index in [0.29, 0.717) is 0 Å². The number of hydrogen-bond donors (Lipinski definition) is 0. The van der Waals surface area contributed by atoms with Crippen LogP contribution in [-0.2, 0) is 19.3 Å². The van der Waals surface area contributed by atoms with Gasteiger partial charge in [0.2, 0.25) is 0 Å². The SMILES string of the molecule is C#C.CCc1ccccc1C.c1ccc2c(c1)CCCC2. The van der Waals surface area contributed by atoms with E-state index >= 15 is 0 Å². The molecule has 0 heterocycles. The zero-order chi connectivity index (χ0) is 15.5. The van der Waals surface area contributed by atoms with E-state index in [1.807, 2.05) is 0 Å². The van der Waals surface area contributed by atoms with Crippen LogP contribution in [-0.4, -0.2) is 0 Å². The number of rotatable bonds is 1. The van der Waals surface area contributed by atoms with Gasteiger partial charge in [-0.15, -0.1) is 12.8 Å². The van der Waals surface area contributed by atoms with Crippen molar-refractivity contribution in [3.8, 4) is 12.8 Å². The first-order valence-electron chi connectivity index (χ1n) is 7.76. The quantitative estimate of drug-likeness (QED) is 0.615. The third-order valence-corrected chi connectivity index (χ3v) is 3.90. The molecule has 1 aliphatic carbocycles. The maximum absolute atomic E-state index is 4.00. The molecule has 0 fully saturated rings. The van der Waals surface area contributed by atoms with Gasteiger partial charge in [0.1, 0.15) is 0 Å². The normalized spacial score (nSPS) is 12.0. The Morgan fingerprint density at radius 1 is 0.810 bits per heavy atom. The van der Waals surface area contributed by atoms with E-state index in [1.54, 1.807) is 11.1 Å². The predicted octanol–water partition coefficient (Wildman–Crippen LogP) is 5.37. The fraction of sp³-hybridized carbons (Fsp3) is 0.333. The Balaban J connectivity index is 0.000000189. The number of terminal acetylenes is 1. The highest BCUT2D eigenvalue weighted by atomic mass is 14.1. The molecular formula is C21H26. The van der Waals surface area contributed by atoms with Crippen molar-refractivity contribution in [1.29, 1.82) is 0 Å². The molecule has 3 rings (SSSR count). The van der Waals surface area contributed by atoms with Gasteiger partial charge in [-0.05, 0) is 61.3 Å². The van der Waals surface area contributed by atoms with Gasteiger partial charge in [-0.3, -0.25) is 0 Å². The molecule has 2 aromatic carbocycles. The first-order valence-corrected chi connectivity index (χ1v) is 7.76. The molecule has 0 atom stereocenters. The van der Waals surface area contributed by atoms with Crippen molar-refractivity contribution >= 4 is 0 Å². The summed E-state index contributed by atoms with van der Waals surface area (Å²) in [5.74, 6) is 0. The molecule has 0 saturated heterocycles. The summed E-state index contributed by atoms with van der Waals surface area (Å²) in [5, 5.41) is 0. The van der Waals surface area contributed by atoms with Gasteiger partial charge in [0, 0.05) is 0 Å². The summed E-state index contributed by atoms with van der Waals surface area (Å²) in [6.45, 7) is 4.33. The molecule has 0 bridgehead atoms. The zero-order valence-corrected chi connectivity index (χ0v) is 13.3. The molecule has 110 valence electrons. The third kappa shape index (κ3) is 5.48. The van der Waals surface area contributed by atoms with E-state index in [2.05, 4.69) is 75.2 Å². The van der Waals surface area contributed by atoms with Crippen molar-refractivity contribution in [2.24, 2.45) is 0 Å². The van der Waals surface area contributed by atoms with Crippen LogP contribution in [0.3, 0.4) is 0 Å². The topological polar surface area (TPSA) is 0 Å². The summed E-state index contributed by atoms with van der Waals surface area (Å²) in [4.78, 5) is 0. The van der Waals surface area contributed by atoms with Crippen LogP contribution in [0.25, 0.3) is 0 Å². The molecule has 0 heteroatoms. The van der Waals surface area contributed by atoms with Gasteiger partial charge in [-0.25, -0.2) is 0 Å². The summed E-state index contributed by atoms with van der Waals surface area (Å²) in [6, 6.07) is 17.3. The minimum atomic E-state index is 1.15. The predicted molar refractivity (Wildman–Crippen MR) is 93.5 cm³/mol. The Morgan fingerprint density at radius 3 is 1.71 bits per heavy atom. The smallest absolute Gasteiger partial charge is 0.0276 e. The number of fused-ring (bicyclic) bond motifs is 1. The fourth-order valence-electron chi connectivity index (χ4n) is 2.68. The largest absolute Gasteiger partial charge is 0.124 e. The molecule has 0 nitrogen and oxygen atoms in total. The van der Waals surface area contributed by atoms with E-state index < -0.39 is 0 Å². The van der Waals surface area contributed by atoms with E-state index in [1.165, 1.54) is 36.8 Å². The van der Waals surface area contributed by atoms with Crippen LogP contribution in [0.4, 0.5) is 0 Å². The summed E-state index contributed by atoms with van der Waals surface area (Å²) >= 11 is 0. The van der Waals surface area contributed by atoms with Crippen LogP contribution in [0.2, 0.25) is 0 Å². The molecule has 0 aromatic heterocycles. The van der Waals surface area contributed by atoms with Gasteiger partial charge in [-0.2, -0.15) is 0 Å². The molecule has 0 N–H and O–H groups in total. The van der Waals surface area contributed by atoms with Crippen molar-refractivity contribution < 1.29 is 0 Å². The highest BCUT2D eigenvalue weighted by Gasteiger charge is 2.05. The molecule has 0 saturated carbocycles. The highest BCUT2D eigenvalue weighted by molar-refractivity contribution is 5.28. The second-order valence-corrected chi connectivity index (χ2v) is 5.26. The lowest BCUT2D eigenvalue weighted by atomic mass is 9.92. The molecule has 1 aliphatic rings. The molecule has 0 aliphatic heterocycles. The minimum Gasteiger partial charge on any atom is -0.124 e. The first-order chi connectivity index (χ1) is 10.3. The summed E-state index contributed by atoms with van der Waals surface area (Å²) in [5.41, 5.74) is 6.01. The minimum absolute atomic E-state index is 1.15. The van der Waals surface area contributed by atoms with E-state index in [4.69, 9.17) is 0 Å². The third-order valence-electron chi connectivity index (χ3n) is 3.90. The monoisotopic (exact) mass is 278 g/mol. The highest BCUT2D eigenvalue weighted by Crippen LogP contribution is 2.19. The van der Waals surface area contributed by atoms with E-state index in [9.17, 15) is 0 Å². The van der Waals surface area contributed by atoms with Crippen LogP contribution in [0.15, 0.2) is 48.5 Å². The maximum atomic E-state index is 4.00. The van der Waals surface area contributed by atoms with Crippen LogP contribution in [0, 0.1) is 19.8 Å². The number of benzene rings is 2. The van der Waals surface area contributed by atoms with Crippen molar-refractivity contribution in [1.82, 2.24) is 0 Å². The molecule has 2 aromatic rings. The molecule has 0 amide bonds. The first kappa shape index (κ1) is 17.1. The fourth-order valence-corrected chi connectivity index (χ4v) is 2.68. The van der Waals surface area contributed by atoms with Gasteiger partial charge in [0.05, 0.1) is 0 Å². The van der Waals surface area contributed by atoms with Gasteiger partial charge in [0.15, 0.2) is 0 Å². The summed E-state index contributed by atoms with van der Waals surface area (Å²) in [6.07, 6.45) is 14.5. The summed E-state index contributed by atoms with van der Waals surface area (Å²) in [7, 11) is 0. The Bertz CT molecular complexity index is 524. The number of aryl methyl sites for hydroxylation is 4. The molecule has 0 spiro atoms. The van der Waals surface area contributed by atoms with Crippen molar-refractivity contribution in [3.05, 3.63) is 70.8 Å². The van der Waals surface area contributed by atoms with E-state index in [0.717, 1.165) is 6.42 Å². The Labute approximate surface area is 130 Å². The van der Waals surface area contributed by atoms with Gasteiger partial charge in [-0.1, -0.05) is 55.5 Å². The van der Waals surface area contributed by atoms with Crippen molar-refractivity contribution in [2.75, 3.05) is 0 Å². The second-order valence-electron chi connectivity index (χ2n) is 5.26. The van der Waals surface area contributed by atoms with E-state index in [-0.39, 0.29) is 0 Å². The van der Waals surface area contributed by atoms with Crippen LogP contribution < -0.4 is 0 Å². The average molecular weight is 278 g/mol. The second kappa shape index (κ2) is 9.83. The number of hydrogen-bond acceptors (Lipinski definition) is 0. The van der Waals surface area contributed by atoms with Gasteiger partial charge >= 0.3 is 0 Å². The Hall–Kier alpha value is -2.00. The lowest BCUT2D eigenvalue weighted by Gasteiger charge is -2.13. The standard InChI is InChI=1S/C10H12.C9H12.C2H2/c1-2-6-10-8-4-3-7-9(10)5-1;1-3-9-7-5-4-6-8(9)2;1-2/h1-2,5-6H,3-4,7-8H2;4-7H,3H2,1-2H3;1-2H. The molecular weight excluding hydrogens is 252 g/mol. The summed E-state index contributed by atoms with van der Waals surface area (Å²) < 4.78 is 0. The lowest BCUT2D eigenvalue weighted by molar-refractivity contribution is 0.685. The van der Waals surface area contributed by atoms with Gasteiger partial charge < -0.3 is 0 Å². The maximum Gasteiger partial charge on any atom is -0.0276 e. The molecule has 0 radical (unpaired) electrons. The van der Waals surface area contributed by atoms with Crippen molar-refractivity contribution in [3.63, 3.8) is 0 Å². The van der Waals surface area contributed by atoms with Crippen LogP contribution in [0.5, 0.6) is 0 Å². The van der Waals surface area contributed by atoms with Crippen LogP contribution >= 0.6 is 0 Å². The Morgan fingerprint density at radius 2 is 1.29 bits per heavy atom. The van der Waals surface area contributed by atoms with Crippen molar-refractivity contribution in [2.45, 2.75) is 46.0 Å². The van der Waals surface area contributed by atoms with Gasteiger partial charge in [0.25, 0.3) is 0 Å². The Kier molecular flexibility index (Phi) is 7.99. The molecule has 21 heavy (non-hydrogen) atoms. The lowest BCUT2D eigenvalue weighted by Crippen LogP contribution is -2.00. The average Bonchev–Trinajstić information content (AvgIpc) is 2.58. The molecule has 0 unspecified atom stereocenters. The zero-order valence-electron chi connectivity index (χ0n) is 13.3.